The van der Waals surface area contributed by atoms with E-state index in [0.29, 0.717) is 11.3 Å². The maximum absolute atomic E-state index is 12.4. The Labute approximate surface area is 140 Å². The van der Waals surface area contributed by atoms with Gasteiger partial charge in [-0.3, -0.25) is 14.9 Å². The molecule has 7 nitrogen and oxygen atoms in total. The third-order valence-corrected chi connectivity index (χ3v) is 3.57. The van der Waals surface area contributed by atoms with Crippen LogP contribution < -0.4 is 15.0 Å². The highest BCUT2D eigenvalue weighted by molar-refractivity contribution is 6.04. The Bertz CT molecular complexity index is 787. The number of anilines is 2. The molecule has 0 fully saturated rings. The van der Waals surface area contributed by atoms with Crippen LogP contribution in [0, 0.1) is 17.0 Å². The highest BCUT2D eigenvalue weighted by atomic mass is 16.6. The first-order valence-electron chi connectivity index (χ1n) is 7.25. The molecule has 0 unspecified atom stereocenters. The minimum atomic E-state index is -0.551. The summed E-state index contributed by atoms with van der Waals surface area (Å²) in [6.07, 6.45) is 0. The van der Waals surface area contributed by atoms with Crippen molar-refractivity contribution in [3.63, 3.8) is 0 Å². The first-order valence-corrected chi connectivity index (χ1v) is 7.25. The van der Waals surface area contributed by atoms with Crippen LogP contribution in [0.4, 0.5) is 17.1 Å². The molecule has 0 aliphatic heterocycles. The summed E-state index contributed by atoms with van der Waals surface area (Å²) in [7, 11) is 5.22. The van der Waals surface area contributed by atoms with Crippen LogP contribution in [0.25, 0.3) is 0 Å². The number of nitrogens with one attached hydrogen (secondary N) is 1. The van der Waals surface area contributed by atoms with Crippen molar-refractivity contribution in [1.82, 2.24) is 0 Å². The van der Waals surface area contributed by atoms with Crippen LogP contribution in [0.1, 0.15) is 15.9 Å². The molecule has 0 heterocycles. The van der Waals surface area contributed by atoms with Crippen LogP contribution >= 0.6 is 0 Å². The zero-order valence-corrected chi connectivity index (χ0v) is 14.0. The molecule has 0 bridgehead atoms. The molecule has 0 saturated carbocycles. The summed E-state index contributed by atoms with van der Waals surface area (Å²) < 4.78 is 4.94. The number of benzene rings is 2. The topological polar surface area (TPSA) is 84.7 Å². The fourth-order valence-electron chi connectivity index (χ4n) is 2.41. The second kappa shape index (κ2) is 6.99. The lowest BCUT2D eigenvalue weighted by atomic mass is 10.1. The van der Waals surface area contributed by atoms with E-state index in [1.807, 2.05) is 32.0 Å². The quantitative estimate of drug-likeness (QED) is 0.672. The van der Waals surface area contributed by atoms with Gasteiger partial charge in [-0.1, -0.05) is 0 Å². The molecule has 2 rings (SSSR count). The Morgan fingerprint density at radius 3 is 2.46 bits per heavy atom. The number of rotatable bonds is 5. The molecule has 2 aromatic rings. The van der Waals surface area contributed by atoms with Gasteiger partial charge in [0.1, 0.15) is 0 Å². The van der Waals surface area contributed by atoms with Crippen molar-refractivity contribution in [3.05, 3.63) is 57.6 Å². The second-order valence-corrected chi connectivity index (χ2v) is 5.49. The number of carbonyl (C=O) groups excluding carboxylic acids is 1. The molecule has 0 spiro atoms. The van der Waals surface area contributed by atoms with Crippen molar-refractivity contribution in [3.8, 4) is 5.75 Å². The Balaban J connectivity index is 2.25. The van der Waals surface area contributed by atoms with E-state index in [2.05, 4.69) is 5.32 Å². The predicted molar refractivity (Wildman–Crippen MR) is 93.1 cm³/mol. The number of nitro groups is 1. The number of aryl methyl sites for hydroxylation is 1. The first kappa shape index (κ1) is 17.3. The van der Waals surface area contributed by atoms with Crippen molar-refractivity contribution < 1.29 is 14.5 Å². The summed E-state index contributed by atoms with van der Waals surface area (Å²) in [6, 6.07) is 9.65. The molecule has 0 saturated heterocycles. The third-order valence-electron chi connectivity index (χ3n) is 3.57. The van der Waals surface area contributed by atoms with Gasteiger partial charge < -0.3 is 15.0 Å². The molecular formula is C17H19N3O4. The number of nitro benzene ring substituents is 1. The number of nitrogens with zero attached hydrogens (tertiary/aromatic N) is 2. The van der Waals surface area contributed by atoms with Crippen LogP contribution in [-0.2, 0) is 0 Å². The minimum Gasteiger partial charge on any atom is -0.490 e. The zero-order chi connectivity index (χ0) is 17.9. The van der Waals surface area contributed by atoms with Crippen LogP contribution in [-0.4, -0.2) is 32.0 Å². The van der Waals surface area contributed by atoms with Crippen LogP contribution in [0.5, 0.6) is 5.75 Å². The fraction of sp³-hybridized carbons (Fsp3) is 0.235. The van der Waals surface area contributed by atoms with Crippen LogP contribution in [0.3, 0.4) is 0 Å². The van der Waals surface area contributed by atoms with Crippen molar-refractivity contribution >= 4 is 23.0 Å². The number of ether oxygens (including phenoxy) is 1. The molecular weight excluding hydrogens is 310 g/mol. The summed E-state index contributed by atoms with van der Waals surface area (Å²) >= 11 is 0. The van der Waals surface area contributed by atoms with E-state index in [-0.39, 0.29) is 17.3 Å². The molecule has 0 radical (unpaired) electrons. The van der Waals surface area contributed by atoms with Gasteiger partial charge in [0, 0.05) is 37.1 Å². The predicted octanol–water partition coefficient (Wildman–Crippen LogP) is 3.23. The molecule has 1 amide bonds. The number of carbonyl (C=O) groups is 1. The normalized spacial score (nSPS) is 10.2. The van der Waals surface area contributed by atoms with Crippen molar-refractivity contribution in [2.24, 2.45) is 0 Å². The highest BCUT2D eigenvalue weighted by Crippen LogP contribution is 2.30. The maximum Gasteiger partial charge on any atom is 0.312 e. The molecule has 0 aliphatic carbocycles. The van der Waals surface area contributed by atoms with E-state index in [4.69, 9.17) is 4.74 Å². The van der Waals surface area contributed by atoms with E-state index >= 15 is 0 Å². The molecule has 126 valence electrons. The molecule has 7 heteroatoms. The van der Waals surface area contributed by atoms with Crippen molar-refractivity contribution in [2.45, 2.75) is 6.92 Å². The Kier molecular flexibility index (Phi) is 5.03. The van der Waals surface area contributed by atoms with Crippen LogP contribution in [0.2, 0.25) is 0 Å². The summed E-state index contributed by atoms with van der Waals surface area (Å²) in [4.78, 5) is 24.8. The van der Waals surface area contributed by atoms with Crippen LogP contribution in [0.15, 0.2) is 36.4 Å². The third kappa shape index (κ3) is 3.62. The lowest BCUT2D eigenvalue weighted by molar-refractivity contribution is -0.385. The van der Waals surface area contributed by atoms with E-state index < -0.39 is 4.92 Å². The molecule has 1 N–H and O–H groups in total. The van der Waals surface area contributed by atoms with Gasteiger partial charge in [0.2, 0.25) is 0 Å². The molecule has 24 heavy (non-hydrogen) atoms. The lowest BCUT2D eigenvalue weighted by Gasteiger charge is -2.16. The average molecular weight is 329 g/mol. The van der Waals surface area contributed by atoms with E-state index in [1.54, 1.807) is 18.2 Å². The number of hydrogen-bond donors (Lipinski definition) is 1. The van der Waals surface area contributed by atoms with Gasteiger partial charge in [0.15, 0.2) is 5.75 Å². The molecule has 0 atom stereocenters. The maximum atomic E-state index is 12.4. The Morgan fingerprint density at radius 1 is 1.21 bits per heavy atom. The minimum absolute atomic E-state index is 0.143. The second-order valence-electron chi connectivity index (χ2n) is 5.49. The van der Waals surface area contributed by atoms with Gasteiger partial charge in [0.25, 0.3) is 5.91 Å². The van der Waals surface area contributed by atoms with Gasteiger partial charge in [-0.05, 0) is 42.8 Å². The van der Waals surface area contributed by atoms with E-state index in [9.17, 15) is 14.9 Å². The van der Waals surface area contributed by atoms with Gasteiger partial charge in [0.05, 0.1) is 12.0 Å². The largest absolute Gasteiger partial charge is 0.490 e. The average Bonchev–Trinajstić information content (AvgIpc) is 2.54. The Morgan fingerprint density at radius 2 is 1.92 bits per heavy atom. The Hall–Kier alpha value is -3.09. The molecule has 2 aromatic carbocycles. The standard InChI is InChI=1S/C17H19N3O4/c1-11-9-12(5-7-14(11)19(2)3)17(21)18-13-6-8-16(24-4)15(10-13)20(22)23/h5-10H,1-4H3,(H,18,21). The summed E-state index contributed by atoms with van der Waals surface area (Å²) in [5, 5.41) is 13.7. The first-order chi connectivity index (χ1) is 11.3. The number of hydrogen-bond acceptors (Lipinski definition) is 5. The van der Waals surface area contributed by atoms with Gasteiger partial charge in [-0.25, -0.2) is 0 Å². The number of methoxy groups -OCH3 is 1. The smallest absolute Gasteiger partial charge is 0.312 e. The number of amides is 1. The monoisotopic (exact) mass is 329 g/mol. The van der Waals surface area contributed by atoms with E-state index in [1.165, 1.54) is 19.2 Å². The van der Waals surface area contributed by atoms with Gasteiger partial charge in [-0.15, -0.1) is 0 Å². The zero-order valence-electron chi connectivity index (χ0n) is 14.0. The molecule has 0 aliphatic rings. The van der Waals surface area contributed by atoms with Crippen molar-refractivity contribution in [2.75, 3.05) is 31.4 Å². The molecule has 0 aromatic heterocycles. The van der Waals surface area contributed by atoms with Gasteiger partial charge >= 0.3 is 5.69 Å². The summed E-state index contributed by atoms with van der Waals surface area (Å²) in [5.74, 6) is -0.188. The summed E-state index contributed by atoms with van der Waals surface area (Å²) in [6.45, 7) is 1.92. The van der Waals surface area contributed by atoms with E-state index in [0.717, 1.165) is 11.3 Å². The lowest BCUT2D eigenvalue weighted by Crippen LogP contribution is -2.14. The highest BCUT2D eigenvalue weighted by Gasteiger charge is 2.17. The summed E-state index contributed by atoms with van der Waals surface area (Å²) in [5.41, 5.74) is 2.60. The van der Waals surface area contributed by atoms with Gasteiger partial charge in [-0.2, -0.15) is 0 Å². The van der Waals surface area contributed by atoms with Crippen molar-refractivity contribution in [1.29, 1.82) is 0 Å². The SMILES string of the molecule is COc1ccc(NC(=O)c2ccc(N(C)C)c(C)c2)cc1[N+](=O)[O-]. The fourth-order valence-corrected chi connectivity index (χ4v) is 2.41.